The maximum absolute atomic E-state index is 15.6. The number of amides is 2. The highest BCUT2D eigenvalue weighted by molar-refractivity contribution is 6.03. The number of hydrogen-bond donors (Lipinski definition) is 3. The summed E-state index contributed by atoms with van der Waals surface area (Å²) in [7, 11) is 1.05. The number of fused-ring (bicyclic) bond motifs is 5. The van der Waals surface area contributed by atoms with E-state index in [9.17, 15) is 44.1 Å². The molecular weight excluding hydrogens is 814 g/mol. The van der Waals surface area contributed by atoms with E-state index in [4.69, 9.17) is 33.2 Å². The average Bonchev–Trinajstić information content (AvgIpc) is 3.36. The quantitative estimate of drug-likeness (QED) is 0.193. The van der Waals surface area contributed by atoms with Crippen LogP contribution in [0.3, 0.4) is 0 Å². The minimum absolute atomic E-state index is 0.0222. The lowest BCUT2D eigenvalue weighted by atomic mass is 9.44. The summed E-state index contributed by atoms with van der Waals surface area (Å²) in [4.78, 5) is 97.9. The fourth-order valence-corrected chi connectivity index (χ4v) is 10.5. The Morgan fingerprint density at radius 1 is 0.952 bits per heavy atom. The van der Waals surface area contributed by atoms with Crippen molar-refractivity contribution in [3.05, 3.63) is 47.0 Å². The third-order valence-corrected chi connectivity index (χ3v) is 14.0. The van der Waals surface area contributed by atoms with Gasteiger partial charge in [0.1, 0.15) is 23.4 Å². The van der Waals surface area contributed by atoms with Gasteiger partial charge >= 0.3 is 30.2 Å². The van der Waals surface area contributed by atoms with Crippen LogP contribution in [0.2, 0.25) is 0 Å². The minimum atomic E-state index is -2.51. The molecule has 62 heavy (non-hydrogen) atoms. The molecule has 0 spiro atoms. The van der Waals surface area contributed by atoms with Crippen LogP contribution in [0, 0.1) is 22.2 Å². The fourth-order valence-electron chi connectivity index (χ4n) is 10.5. The van der Waals surface area contributed by atoms with Crippen molar-refractivity contribution in [1.29, 1.82) is 0 Å². The molecule has 3 N–H and O–H groups in total. The molecule has 2 amide bonds. The maximum Gasteiger partial charge on any atom is 0.508 e. The summed E-state index contributed by atoms with van der Waals surface area (Å²) in [5.74, 6) is -6.71. The van der Waals surface area contributed by atoms with E-state index >= 15 is 4.79 Å². The number of imide groups is 1. The molecule has 0 aromatic heterocycles. The van der Waals surface area contributed by atoms with E-state index in [1.807, 2.05) is 0 Å². The van der Waals surface area contributed by atoms with Crippen LogP contribution in [0.4, 0.5) is 9.59 Å². The molecule has 4 fully saturated rings. The Morgan fingerprint density at radius 2 is 1.56 bits per heavy atom. The smallest absolute Gasteiger partial charge is 0.455 e. The molecule has 2 heterocycles. The summed E-state index contributed by atoms with van der Waals surface area (Å²) in [6, 6.07) is 6.15. The van der Waals surface area contributed by atoms with Crippen molar-refractivity contribution in [2.45, 2.75) is 148 Å². The van der Waals surface area contributed by atoms with Crippen LogP contribution in [0.15, 0.2) is 41.5 Å². The molecule has 18 heteroatoms. The lowest BCUT2D eigenvalue weighted by Gasteiger charge is -2.67. The number of aliphatic hydroxyl groups is 3. The SMILES string of the molecule is COC(=O)O[C@@]12CO[C@@H]1CC(O)[C@@]1(C)C(=O)[C@H](OC(C)=O)C3=C(C)[C@@](C)(OC(=O)[C@H](O)[C@@H](N4C(=O)OC(C)(C)C4=O)C(C)(C)C)C[C@@](O)([C@@H](OC(=O)c4ccccc4)C12)C3(C)C. The van der Waals surface area contributed by atoms with Crippen LogP contribution in [-0.2, 0) is 52.3 Å². The Bertz CT molecular complexity index is 2110. The van der Waals surface area contributed by atoms with Crippen molar-refractivity contribution < 1.29 is 82.0 Å². The number of hydrogen-bond acceptors (Lipinski definition) is 17. The molecule has 1 aromatic carbocycles. The van der Waals surface area contributed by atoms with Crippen molar-refractivity contribution in [1.82, 2.24) is 4.90 Å². The molecule has 3 aliphatic carbocycles. The van der Waals surface area contributed by atoms with Gasteiger partial charge in [0, 0.05) is 25.2 Å². The molecule has 2 aliphatic heterocycles. The minimum Gasteiger partial charge on any atom is -0.455 e. The molecule has 2 saturated heterocycles. The fraction of sp³-hybridized carbons (Fsp3) is 0.659. The summed E-state index contributed by atoms with van der Waals surface area (Å²) < 4.78 is 40.5. The maximum atomic E-state index is 15.6. The second-order valence-electron chi connectivity index (χ2n) is 19.6. The van der Waals surface area contributed by atoms with E-state index in [1.165, 1.54) is 60.6 Å². The van der Waals surface area contributed by atoms with E-state index in [-0.39, 0.29) is 23.1 Å². The van der Waals surface area contributed by atoms with Crippen molar-refractivity contribution in [2.24, 2.45) is 22.2 Å². The highest BCUT2D eigenvalue weighted by Crippen LogP contribution is 2.65. The number of methoxy groups -OCH3 is 1. The molecule has 2 unspecified atom stereocenters. The monoisotopic (exact) mass is 871 g/mol. The number of cyclic esters (lactones) is 1. The first-order chi connectivity index (χ1) is 28.5. The first-order valence-corrected chi connectivity index (χ1v) is 20.4. The van der Waals surface area contributed by atoms with Crippen molar-refractivity contribution >= 4 is 41.8 Å². The zero-order valence-corrected chi connectivity index (χ0v) is 37.1. The van der Waals surface area contributed by atoms with Crippen LogP contribution >= 0.6 is 0 Å². The van der Waals surface area contributed by atoms with Crippen LogP contribution in [-0.4, -0.2) is 135 Å². The van der Waals surface area contributed by atoms with E-state index in [0.29, 0.717) is 4.90 Å². The summed E-state index contributed by atoms with van der Waals surface area (Å²) in [6.45, 7) is 15.3. The molecule has 0 radical (unpaired) electrons. The van der Waals surface area contributed by atoms with Gasteiger partial charge in [0.2, 0.25) is 0 Å². The molecule has 6 rings (SSSR count). The molecule has 2 bridgehead atoms. The number of ether oxygens (including phenoxy) is 7. The van der Waals surface area contributed by atoms with E-state index in [1.54, 1.807) is 39.0 Å². The number of nitrogens with zero attached hydrogens (tertiary/aromatic N) is 1. The highest BCUT2D eigenvalue weighted by Gasteiger charge is 2.79. The standard InChI is InChI=1S/C44H57NO17/c1-21-26-28(58-22(2)46)31(49)42(11)24(47)18-25-43(20-57-25,62-37(54)56-12)29(42)32(59-33(50)23-16-14-13-15-17-23)44(55,39(26,6)7)19-41(21,10)60-34(51)27(48)30(38(3,4)5)45-35(52)40(8,9)61-36(45)53/h13-17,24-25,27-30,32,47-48,55H,18-20H2,1-12H3/t24?,25-,27-,28-,29?,30-,32+,41+,42-,43+,44-/m1/s1. The van der Waals surface area contributed by atoms with Gasteiger partial charge in [0.15, 0.2) is 29.2 Å². The normalized spacial score (nSPS) is 35.7. The third-order valence-electron chi connectivity index (χ3n) is 14.0. The van der Waals surface area contributed by atoms with Crippen molar-refractivity contribution in [2.75, 3.05) is 13.7 Å². The molecule has 11 atom stereocenters. The average molecular weight is 872 g/mol. The summed E-state index contributed by atoms with van der Waals surface area (Å²) >= 11 is 0. The number of carbonyl (C=O) groups is 7. The Morgan fingerprint density at radius 3 is 2.06 bits per heavy atom. The van der Waals surface area contributed by atoms with Gasteiger partial charge in [0.25, 0.3) is 5.91 Å². The molecule has 1 aromatic rings. The van der Waals surface area contributed by atoms with Crippen molar-refractivity contribution in [3.8, 4) is 0 Å². The zero-order valence-electron chi connectivity index (χ0n) is 37.1. The van der Waals surface area contributed by atoms with E-state index < -0.39 is 136 Å². The Hall–Kier alpha value is -4.91. The number of aliphatic hydroxyl groups excluding tert-OH is 2. The molecule has 5 aliphatic rings. The van der Waals surface area contributed by atoms with Crippen LogP contribution in [0.1, 0.15) is 99.4 Å². The summed E-state index contributed by atoms with van der Waals surface area (Å²) in [6.07, 6.45) is -12.1. The zero-order chi connectivity index (χ0) is 46.5. The van der Waals surface area contributed by atoms with Gasteiger partial charge in [-0.05, 0) is 63.3 Å². The Kier molecular flexibility index (Phi) is 11.4. The van der Waals surface area contributed by atoms with Gasteiger partial charge in [-0.1, -0.05) is 52.8 Å². The number of rotatable bonds is 8. The lowest BCUT2D eigenvalue weighted by molar-refractivity contribution is -0.345. The Balaban J connectivity index is 1.60. The van der Waals surface area contributed by atoms with Gasteiger partial charge in [-0.2, -0.15) is 0 Å². The first-order valence-electron chi connectivity index (χ1n) is 20.4. The Labute approximate surface area is 359 Å². The third kappa shape index (κ3) is 6.88. The van der Waals surface area contributed by atoms with E-state index in [2.05, 4.69) is 0 Å². The van der Waals surface area contributed by atoms with Gasteiger partial charge in [-0.3, -0.25) is 14.4 Å². The molecular formula is C44H57NO17. The molecule has 2 saturated carbocycles. The number of Topliss-reactive ketones (excluding diaryl/α,β-unsaturated/α-hetero) is 1. The predicted molar refractivity (Wildman–Crippen MR) is 212 cm³/mol. The van der Waals surface area contributed by atoms with Crippen LogP contribution < -0.4 is 0 Å². The number of esters is 3. The highest BCUT2D eigenvalue weighted by atomic mass is 16.8. The number of carbonyl (C=O) groups excluding carboxylic acids is 7. The first kappa shape index (κ1) is 46.6. The summed E-state index contributed by atoms with van der Waals surface area (Å²) in [5.41, 5.74) is -13.2. The summed E-state index contributed by atoms with van der Waals surface area (Å²) in [5, 5.41) is 37.8. The lowest BCUT2D eigenvalue weighted by Crippen LogP contribution is -2.82. The number of benzene rings is 1. The second-order valence-corrected chi connectivity index (χ2v) is 19.6. The van der Waals surface area contributed by atoms with Gasteiger partial charge in [-0.25, -0.2) is 24.1 Å². The van der Waals surface area contributed by atoms with Crippen LogP contribution in [0.25, 0.3) is 0 Å². The van der Waals surface area contributed by atoms with Crippen molar-refractivity contribution in [3.63, 3.8) is 0 Å². The second kappa shape index (κ2) is 15.1. The predicted octanol–water partition coefficient (Wildman–Crippen LogP) is 3.35. The van der Waals surface area contributed by atoms with Gasteiger partial charge in [0.05, 0.1) is 42.8 Å². The topological polar surface area (TPSA) is 248 Å². The number of ketones is 1. The van der Waals surface area contributed by atoms with E-state index in [0.717, 1.165) is 14.0 Å². The largest absolute Gasteiger partial charge is 0.508 e. The molecule has 18 nitrogen and oxygen atoms in total. The van der Waals surface area contributed by atoms with Gasteiger partial charge < -0.3 is 48.5 Å². The van der Waals surface area contributed by atoms with Crippen LogP contribution in [0.5, 0.6) is 0 Å². The van der Waals surface area contributed by atoms with Gasteiger partial charge in [-0.15, -0.1) is 0 Å². The molecule has 340 valence electrons.